The molecule has 2 aliphatic rings. The lowest BCUT2D eigenvalue weighted by atomic mass is 9.66. The van der Waals surface area contributed by atoms with E-state index in [1.807, 2.05) is 25.3 Å². The largest absolute Gasteiger partial charge is 0.446 e. The van der Waals surface area contributed by atoms with Gasteiger partial charge in [0.15, 0.2) is 5.78 Å². The second-order valence-electron chi connectivity index (χ2n) is 13.0. The number of ether oxygens (including phenoxy) is 1. The minimum absolute atomic E-state index is 0.108. The van der Waals surface area contributed by atoms with Crippen molar-refractivity contribution < 1.29 is 14.3 Å². The molecule has 0 bridgehead atoms. The Morgan fingerprint density at radius 3 is 2.13 bits per heavy atom. The molecule has 1 saturated carbocycles. The Balaban J connectivity index is 1.99. The molecule has 3 rings (SSSR count). The monoisotopic (exact) mass is 537 g/mol. The van der Waals surface area contributed by atoms with E-state index in [-0.39, 0.29) is 35.4 Å². The summed E-state index contributed by atoms with van der Waals surface area (Å²) in [5, 5.41) is 0.917. The zero-order valence-corrected chi connectivity index (χ0v) is 26.3. The van der Waals surface area contributed by atoms with Crippen LogP contribution in [0.3, 0.4) is 0 Å². The Hall–Kier alpha value is -2.14. The molecule has 0 radical (unpaired) electrons. The van der Waals surface area contributed by atoms with Gasteiger partial charge in [-0.3, -0.25) is 9.69 Å². The van der Waals surface area contributed by atoms with E-state index in [0.717, 1.165) is 30.9 Å². The number of allylic oxidation sites excluding steroid dienone is 2. The number of carbonyl (C=O) groups excluding carboxylic acids is 2. The maximum atomic E-state index is 14.0. The van der Waals surface area contributed by atoms with Crippen LogP contribution in [0, 0.1) is 5.92 Å². The summed E-state index contributed by atoms with van der Waals surface area (Å²) >= 11 is 0. The van der Waals surface area contributed by atoms with Crippen LogP contribution in [0.2, 0.25) is 16.6 Å². The number of nitrogens with zero attached hydrogens (tertiary/aromatic N) is 1. The topological polar surface area (TPSA) is 46.6 Å². The molecular formula is C33H51NO3Si. The van der Waals surface area contributed by atoms with Crippen molar-refractivity contribution in [3.05, 3.63) is 59.4 Å². The molecule has 3 atom stereocenters. The zero-order chi connectivity index (χ0) is 28.3. The molecule has 1 aliphatic carbocycles. The minimum Gasteiger partial charge on any atom is -0.446 e. The second-order valence-corrected chi connectivity index (χ2v) is 18.8. The van der Waals surface area contributed by atoms with E-state index >= 15 is 0 Å². The molecule has 0 spiro atoms. The van der Waals surface area contributed by atoms with Gasteiger partial charge in [-0.1, -0.05) is 104 Å². The Kier molecular flexibility index (Phi) is 9.89. The first kappa shape index (κ1) is 30.4. The van der Waals surface area contributed by atoms with Crippen molar-refractivity contribution >= 4 is 20.0 Å². The van der Waals surface area contributed by atoms with Gasteiger partial charge < -0.3 is 4.74 Å². The van der Waals surface area contributed by atoms with E-state index in [1.54, 1.807) is 4.90 Å². The normalized spacial score (nSPS) is 23.5. The molecule has 5 heteroatoms. The van der Waals surface area contributed by atoms with Crippen molar-refractivity contribution in [1.29, 1.82) is 0 Å². The molecule has 0 saturated heterocycles. The maximum absolute atomic E-state index is 14.0. The molecule has 0 aromatic heterocycles. The predicted molar refractivity (Wildman–Crippen MR) is 161 cm³/mol. The predicted octanol–water partition coefficient (Wildman–Crippen LogP) is 8.98. The van der Waals surface area contributed by atoms with Gasteiger partial charge in [-0.05, 0) is 59.0 Å². The second kappa shape index (κ2) is 12.4. The van der Waals surface area contributed by atoms with Crippen LogP contribution >= 0.6 is 0 Å². The molecule has 1 aliphatic heterocycles. The average molecular weight is 538 g/mol. The molecule has 1 heterocycles. The quantitative estimate of drug-likeness (QED) is 0.245. The van der Waals surface area contributed by atoms with Crippen LogP contribution in [0.25, 0.3) is 0 Å². The number of hydrogen-bond donors (Lipinski definition) is 0. The van der Waals surface area contributed by atoms with Crippen LogP contribution in [0.1, 0.15) is 100.0 Å². The Morgan fingerprint density at radius 1 is 1.00 bits per heavy atom. The number of ketones is 1. The first-order valence-electron chi connectivity index (χ1n) is 14.8. The average Bonchev–Trinajstić information content (AvgIpc) is 2.86. The third-order valence-electron chi connectivity index (χ3n) is 9.68. The number of Topliss-reactive ketones (excluding diaryl/α,β-unsaturated/α-hetero) is 1. The highest BCUT2D eigenvalue weighted by molar-refractivity contribution is 6.93. The lowest BCUT2D eigenvalue weighted by molar-refractivity contribution is -0.116. The van der Waals surface area contributed by atoms with E-state index < -0.39 is 8.07 Å². The molecular weight excluding hydrogens is 486 g/mol. The van der Waals surface area contributed by atoms with E-state index in [0.29, 0.717) is 23.0 Å². The van der Waals surface area contributed by atoms with Gasteiger partial charge in [-0.25, -0.2) is 4.79 Å². The maximum Gasteiger partial charge on any atom is 0.414 e. The summed E-state index contributed by atoms with van der Waals surface area (Å²) in [5.41, 5.74) is 2.35. The van der Waals surface area contributed by atoms with Crippen molar-refractivity contribution in [3.63, 3.8) is 0 Å². The van der Waals surface area contributed by atoms with E-state index in [2.05, 4.69) is 85.7 Å². The van der Waals surface area contributed by atoms with Crippen molar-refractivity contribution in [2.75, 3.05) is 0 Å². The fraction of sp³-hybridized carbons (Fsp3) is 0.636. The molecule has 210 valence electrons. The van der Waals surface area contributed by atoms with Crippen LogP contribution in [0.5, 0.6) is 0 Å². The Bertz CT molecular complexity index is 1000. The summed E-state index contributed by atoms with van der Waals surface area (Å²) in [6.07, 6.45) is 9.87. The van der Waals surface area contributed by atoms with Gasteiger partial charge >= 0.3 is 6.09 Å². The fourth-order valence-electron chi connectivity index (χ4n) is 7.90. The third-order valence-corrected chi connectivity index (χ3v) is 16.8. The lowest BCUT2D eigenvalue weighted by Gasteiger charge is -2.47. The van der Waals surface area contributed by atoms with E-state index in [1.165, 1.54) is 5.56 Å². The number of benzene rings is 1. The molecule has 1 aromatic carbocycles. The summed E-state index contributed by atoms with van der Waals surface area (Å²) in [5.74, 6) is 0.453. The van der Waals surface area contributed by atoms with Crippen molar-refractivity contribution in [3.8, 4) is 0 Å². The van der Waals surface area contributed by atoms with Gasteiger partial charge in [0.05, 0.1) is 6.04 Å². The summed E-state index contributed by atoms with van der Waals surface area (Å²) in [6, 6.07) is 10.3. The van der Waals surface area contributed by atoms with Crippen LogP contribution in [-0.2, 0) is 14.9 Å². The van der Waals surface area contributed by atoms with Gasteiger partial charge in [-0.15, -0.1) is 0 Å². The Labute approximate surface area is 232 Å². The standard InChI is InChI=1S/C33H51NO3Si/c1-10-16-27-21-29(35)31(38(23(2)3,24(4)5)25(6)7)22-34(27)32(36)37-30-20-15-14-19-28(30)33(8,9)26-17-12-11-13-18-26/h10-13,16-18,22-25,27-28,30H,14-15,19-21H2,1-9H3/b16-10-/t27-,28-,30-/m0/s1. The highest BCUT2D eigenvalue weighted by Gasteiger charge is 2.51. The van der Waals surface area contributed by atoms with Gasteiger partial charge in [0.2, 0.25) is 0 Å². The molecule has 0 unspecified atom stereocenters. The van der Waals surface area contributed by atoms with Crippen LogP contribution in [0.4, 0.5) is 4.79 Å². The van der Waals surface area contributed by atoms with E-state index in [9.17, 15) is 9.59 Å². The minimum atomic E-state index is -2.23. The van der Waals surface area contributed by atoms with Crippen LogP contribution in [-0.4, -0.2) is 37.0 Å². The molecule has 1 fully saturated rings. The van der Waals surface area contributed by atoms with Crippen molar-refractivity contribution in [2.24, 2.45) is 5.92 Å². The van der Waals surface area contributed by atoms with Gasteiger partial charge in [0.1, 0.15) is 14.2 Å². The lowest BCUT2D eigenvalue weighted by Crippen LogP contribution is -2.54. The summed E-state index contributed by atoms with van der Waals surface area (Å²) in [6.45, 7) is 20.1. The first-order valence-corrected chi connectivity index (χ1v) is 17.0. The first-order chi connectivity index (χ1) is 17.9. The molecule has 0 N–H and O–H groups in total. The summed E-state index contributed by atoms with van der Waals surface area (Å²) < 4.78 is 6.42. The van der Waals surface area contributed by atoms with Gasteiger partial charge in [0, 0.05) is 18.5 Å². The van der Waals surface area contributed by atoms with E-state index in [4.69, 9.17) is 4.74 Å². The number of carbonyl (C=O) groups is 2. The van der Waals surface area contributed by atoms with Crippen molar-refractivity contribution in [1.82, 2.24) is 4.90 Å². The van der Waals surface area contributed by atoms with Gasteiger partial charge in [-0.2, -0.15) is 0 Å². The van der Waals surface area contributed by atoms with Crippen molar-refractivity contribution in [2.45, 2.75) is 129 Å². The third kappa shape index (κ3) is 5.73. The molecule has 4 nitrogen and oxygen atoms in total. The molecule has 1 aromatic rings. The SMILES string of the molecule is C/C=C\[C@H]1CC(=O)C([Si](C(C)C)(C(C)C)C(C)C)=CN1C(=O)O[C@H]1CCCC[C@@H]1C(C)(C)c1ccccc1. The summed E-state index contributed by atoms with van der Waals surface area (Å²) in [7, 11) is -2.23. The number of rotatable bonds is 8. The van der Waals surface area contributed by atoms with Crippen LogP contribution in [0.15, 0.2) is 53.9 Å². The molecule has 38 heavy (non-hydrogen) atoms. The number of amides is 1. The summed E-state index contributed by atoms with van der Waals surface area (Å²) in [4.78, 5) is 29.4. The zero-order valence-electron chi connectivity index (χ0n) is 25.3. The highest BCUT2D eigenvalue weighted by Crippen LogP contribution is 2.48. The highest BCUT2D eigenvalue weighted by atomic mass is 28.3. The Morgan fingerprint density at radius 2 is 1.58 bits per heavy atom. The van der Waals surface area contributed by atoms with Gasteiger partial charge in [0.25, 0.3) is 0 Å². The van der Waals surface area contributed by atoms with Crippen LogP contribution < -0.4 is 0 Å². The fourth-order valence-corrected chi connectivity index (χ4v) is 14.7. The smallest absolute Gasteiger partial charge is 0.414 e. The number of hydrogen-bond acceptors (Lipinski definition) is 3. The molecule has 1 amide bonds.